The average molecular weight is 381 g/mol. The van der Waals surface area contributed by atoms with E-state index in [0.29, 0.717) is 10.6 Å². The van der Waals surface area contributed by atoms with Gasteiger partial charge in [0.1, 0.15) is 5.82 Å². The molecule has 0 radical (unpaired) electrons. The van der Waals surface area contributed by atoms with Gasteiger partial charge in [-0.2, -0.15) is 0 Å². The summed E-state index contributed by atoms with van der Waals surface area (Å²) in [5.74, 6) is 0.745. The summed E-state index contributed by atoms with van der Waals surface area (Å²) in [6, 6.07) is 11.5. The number of nitrogens with one attached hydrogen (secondary N) is 1. The number of hydrogen-bond donors (Lipinski definition) is 1. The molecule has 5 nitrogen and oxygen atoms in total. The van der Waals surface area contributed by atoms with Crippen LogP contribution in [-0.4, -0.2) is 36.0 Å². The standard InChI is InChI=1S/C21H21ClN4O/c1-23-21(27)16-7-5-14(11-17(16)22)15-6-8-18-19(12-15)25-20(13-24-18)26-9-3-2-4-10-26/h5-8,11-13H,2-4,9-10H2,1H3,(H,23,27). The van der Waals surface area contributed by atoms with Gasteiger partial charge in [-0.3, -0.25) is 9.78 Å². The highest BCUT2D eigenvalue weighted by Crippen LogP contribution is 2.28. The van der Waals surface area contributed by atoms with E-state index >= 15 is 0 Å². The Kier molecular flexibility index (Phi) is 4.94. The van der Waals surface area contributed by atoms with Crippen molar-refractivity contribution >= 4 is 34.4 Å². The molecule has 1 aromatic heterocycles. The molecule has 0 bridgehead atoms. The van der Waals surface area contributed by atoms with Crippen molar-refractivity contribution in [3.8, 4) is 11.1 Å². The number of halogens is 1. The molecular weight excluding hydrogens is 360 g/mol. The molecule has 1 aliphatic rings. The molecule has 6 heteroatoms. The number of nitrogens with zero attached hydrogens (tertiary/aromatic N) is 3. The highest BCUT2D eigenvalue weighted by atomic mass is 35.5. The van der Waals surface area contributed by atoms with Gasteiger partial charge in [0.2, 0.25) is 0 Å². The zero-order valence-electron chi connectivity index (χ0n) is 15.2. The predicted molar refractivity (Wildman–Crippen MR) is 109 cm³/mol. The fourth-order valence-electron chi connectivity index (χ4n) is 3.47. The summed E-state index contributed by atoms with van der Waals surface area (Å²) in [5, 5.41) is 3.03. The number of anilines is 1. The number of piperidine rings is 1. The normalized spacial score (nSPS) is 14.4. The van der Waals surface area contributed by atoms with Crippen LogP contribution < -0.4 is 10.2 Å². The van der Waals surface area contributed by atoms with Gasteiger partial charge in [-0.05, 0) is 54.7 Å². The van der Waals surface area contributed by atoms with Gasteiger partial charge in [-0.25, -0.2) is 4.98 Å². The van der Waals surface area contributed by atoms with Gasteiger partial charge in [-0.15, -0.1) is 0 Å². The van der Waals surface area contributed by atoms with Crippen molar-refractivity contribution in [2.45, 2.75) is 19.3 Å². The van der Waals surface area contributed by atoms with Gasteiger partial charge in [0.25, 0.3) is 5.91 Å². The predicted octanol–water partition coefficient (Wildman–Crippen LogP) is 4.30. The summed E-state index contributed by atoms with van der Waals surface area (Å²) in [4.78, 5) is 23.5. The third-order valence-corrected chi connectivity index (χ3v) is 5.30. The largest absolute Gasteiger partial charge is 0.355 e. The number of benzene rings is 2. The molecule has 2 aromatic carbocycles. The fourth-order valence-corrected chi connectivity index (χ4v) is 3.74. The van der Waals surface area contributed by atoms with E-state index in [1.165, 1.54) is 19.3 Å². The molecular formula is C21H21ClN4O. The lowest BCUT2D eigenvalue weighted by molar-refractivity contribution is 0.0963. The van der Waals surface area contributed by atoms with Crippen molar-refractivity contribution < 1.29 is 4.79 Å². The Morgan fingerprint density at radius 2 is 1.78 bits per heavy atom. The number of amides is 1. The van der Waals surface area contributed by atoms with Crippen LogP contribution >= 0.6 is 11.6 Å². The van der Waals surface area contributed by atoms with E-state index in [1.54, 1.807) is 13.1 Å². The topological polar surface area (TPSA) is 58.1 Å². The van der Waals surface area contributed by atoms with Crippen LogP contribution in [0.4, 0.5) is 5.82 Å². The first-order valence-corrected chi connectivity index (χ1v) is 9.57. The number of hydrogen-bond acceptors (Lipinski definition) is 4. The van der Waals surface area contributed by atoms with Crippen molar-refractivity contribution in [2.75, 3.05) is 25.0 Å². The molecule has 138 valence electrons. The Hall–Kier alpha value is -2.66. The van der Waals surface area contributed by atoms with E-state index in [4.69, 9.17) is 16.6 Å². The van der Waals surface area contributed by atoms with Crippen molar-refractivity contribution in [3.05, 3.63) is 53.2 Å². The average Bonchev–Trinajstić information content (AvgIpc) is 2.73. The fraction of sp³-hybridized carbons (Fsp3) is 0.286. The smallest absolute Gasteiger partial charge is 0.252 e. The lowest BCUT2D eigenvalue weighted by Crippen LogP contribution is -2.30. The first kappa shape index (κ1) is 17.7. The zero-order valence-corrected chi connectivity index (χ0v) is 16.0. The van der Waals surface area contributed by atoms with E-state index in [0.717, 1.165) is 41.1 Å². The second-order valence-electron chi connectivity index (χ2n) is 6.75. The van der Waals surface area contributed by atoms with Crippen LogP contribution in [0.5, 0.6) is 0 Å². The molecule has 27 heavy (non-hydrogen) atoms. The highest BCUT2D eigenvalue weighted by Gasteiger charge is 2.14. The van der Waals surface area contributed by atoms with Gasteiger partial charge in [-0.1, -0.05) is 23.7 Å². The Morgan fingerprint density at radius 3 is 2.52 bits per heavy atom. The molecule has 3 aromatic rings. The molecule has 2 heterocycles. The Morgan fingerprint density at radius 1 is 1.04 bits per heavy atom. The Balaban J connectivity index is 1.70. The van der Waals surface area contributed by atoms with E-state index in [-0.39, 0.29) is 5.91 Å². The van der Waals surface area contributed by atoms with Gasteiger partial charge in [0.05, 0.1) is 27.8 Å². The molecule has 1 fully saturated rings. The summed E-state index contributed by atoms with van der Waals surface area (Å²) in [5.41, 5.74) is 4.14. The molecule has 0 atom stereocenters. The van der Waals surface area contributed by atoms with Crippen LogP contribution in [0.25, 0.3) is 22.2 Å². The minimum absolute atomic E-state index is 0.192. The third kappa shape index (κ3) is 3.60. The molecule has 1 amide bonds. The maximum Gasteiger partial charge on any atom is 0.252 e. The number of carbonyl (C=O) groups excluding carboxylic acids is 1. The summed E-state index contributed by atoms with van der Waals surface area (Å²) in [7, 11) is 1.59. The summed E-state index contributed by atoms with van der Waals surface area (Å²) >= 11 is 6.30. The van der Waals surface area contributed by atoms with E-state index in [2.05, 4.69) is 15.2 Å². The molecule has 1 N–H and O–H groups in total. The second-order valence-corrected chi connectivity index (χ2v) is 7.16. The number of rotatable bonds is 3. The quantitative estimate of drug-likeness (QED) is 0.736. The SMILES string of the molecule is CNC(=O)c1ccc(-c2ccc3ncc(N4CCCCC4)nc3c2)cc1Cl. The van der Waals surface area contributed by atoms with E-state index < -0.39 is 0 Å². The van der Waals surface area contributed by atoms with Crippen LogP contribution in [0, 0.1) is 0 Å². The summed E-state index contributed by atoms with van der Waals surface area (Å²) < 4.78 is 0. The van der Waals surface area contributed by atoms with Crippen molar-refractivity contribution in [3.63, 3.8) is 0 Å². The van der Waals surface area contributed by atoms with Gasteiger partial charge < -0.3 is 10.2 Å². The second kappa shape index (κ2) is 7.53. The molecule has 1 aliphatic heterocycles. The summed E-state index contributed by atoms with van der Waals surface area (Å²) in [6.45, 7) is 2.08. The maximum atomic E-state index is 11.8. The minimum atomic E-state index is -0.192. The Labute approximate surface area is 163 Å². The van der Waals surface area contributed by atoms with E-state index in [9.17, 15) is 4.79 Å². The van der Waals surface area contributed by atoms with Gasteiger partial charge in [0, 0.05) is 20.1 Å². The van der Waals surface area contributed by atoms with Crippen LogP contribution in [0.3, 0.4) is 0 Å². The first-order chi connectivity index (χ1) is 13.2. The molecule has 0 spiro atoms. The zero-order chi connectivity index (χ0) is 18.8. The molecule has 0 saturated carbocycles. The van der Waals surface area contributed by atoms with Gasteiger partial charge >= 0.3 is 0 Å². The highest BCUT2D eigenvalue weighted by molar-refractivity contribution is 6.34. The number of carbonyl (C=O) groups is 1. The lowest BCUT2D eigenvalue weighted by Gasteiger charge is -2.27. The van der Waals surface area contributed by atoms with Gasteiger partial charge in [0.15, 0.2) is 0 Å². The number of fused-ring (bicyclic) bond motifs is 1. The van der Waals surface area contributed by atoms with Crippen molar-refractivity contribution in [2.24, 2.45) is 0 Å². The molecule has 0 unspecified atom stereocenters. The van der Waals surface area contributed by atoms with Crippen molar-refractivity contribution in [1.82, 2.24) is 15.3 Å². The van der Waals surface area contributed by atoms with Crippen molar-refractivity contribution in [1.29, 1.82) is 0 Å². The van der Waals surface area contributed by atoms with Crippen LogP contribution in [-0.2, 0) is 0 Å². The molecule has 4 rings (SSSR count). The molecule has 0 aliphatic carbocycles. The molecule has 1 saturated heterocycles. The monoisotopic (exact) mass is 380 g/mol. The lowest BCUT2D eigenvalue weighted by atomic mass is 10.0. The van der Waals surface area contributed by atoms with Crippen LogP contribution in [0.2, 0.25) is 5.02 Å². The minimum Gasteiger partial charge on any atom is -0.355 e. The van der Waals surface area contributed by atoms with E-state index in [1.807, 2.05) is 36.5 Å². The summed E-state index contributed by atoms with van der Waals surface area (Å²) in [6.07, 6.45) is 5.56. The Bertz CT molecular complexity index is 999. The first-order valence-electron chi connectivity index (χ1n) is 9.19. The third-order valence-electron chi connectivity index (χ3n) is 4.98. The maximum absolute atomic E-state index is 11.8. The van der Waals surface area contributed by atoms with Crippen LogP contribution in [0.1, 0.15) is 29.6 Å². The number of aromatic nitrogens is 2. The van der Waals surface area contributed by atoms with Crippen LogP contribution in [0.15, 0.2) is 42.6 Å².